The number of anilines is 1. The number of piperidine rings is 1. The zero-order chi connectivity index (χ0) is 33.8. The van der Waals surface area contributed by atoms with Crippen molar-refractivity contribution in [2.75, 3.05) is 18.4 Å². The molecule has 4 aromatic rings. The highest BCUT2D eigenvalue weighted by Crippen LogP contribution is 2.43. The van der Waals surface area contributed by atoms with E-state index in [0.717, 1.165) is 49.5 Å². The van der Waals surface area contributed by atoms with E-state index >= 15 is 0 Å². The molecule has 0 bridgehead atoms. The number of allylic oxidation sites excluding steroid dienone is 2. The molecular formula is C32H29ClF3N7O5. The van der Waals surface area contributed by atoms with E-state index in [4.69, 9.17) is 16.3 Å². The highest BCUT2D eigenvalue weighted by atomic mass is 35.5. The smallest absolute Gasteiger partial charge is 0.416 e. The second-order valence-corrected chi connectivity index (χ2v) is 12.4. The SMILES string of the molecule is O=C(Cn1c2c(c(=O)n3nc(C4=CCCCC4)nc13)C1(CCN(C(=O)c3ncccc3O)CC1)OC2)Nc1ccc(C(F)(F)F)cc1Cl. The molecule has 250 valence electrons. The van der Waals surface area contributed by atoms with Gasteiger partial charge in [-0.2, -0.15) is 22.7 Å². The van der Waals surface area contributed by atoms with Gasteiger partial charge in [-0.25, -0.2) is 4.98 Å². The van der Waals surface area contributed by atoms with E-state index in [0.29, 0.717) is 17.1 Å². The number of carbonyl (C=O) groups excluding carboxylic acids is 2. The predicted molar refractivity (Wildman–Crippen MR) is 166 cm³/mol. The number of benzene rings is 1. The summed E-state index contributed by atoms with van der Waals surface area (Å²) >= 11 is 6.10. The number of nitrogens with zero attached hydrogens (tertiary/aromatic N) is 6. The fourth-order valence-corrected chi connectivity index (χ4v) is 6.86. The number of pyridine rings is 1. The first-order valence-corrected chi connectivity index (χ1v) is 15.8. The Hall–Kier alpha value is -4.76. The average Bonchev–Trinajstić information content (AvgIpc) is 3.68. The Morgan fingerprint density at radius 1 is 1.15 bits per heavy atom. The maximum Gasteiger partial charge on any atom is 0.416 e. The molecule has 5 heterocycles. The molecule has 1 spiro atoms. The molecule has 12 nitrogen and oxygen atoms in total. The Bertz CT molecular complexity index is 2050. The van der Waals surface area contributed by atoms with E-state index in [9.17, 15) is 32.7 Å². The number of likely N-dealkylation sites (tertiary alicyclic amines) is 1. The zero-order valence-electron chi connectivity index (χ0n) is 25.4. The number of aromatic hydroxyl groups is 1. The zero-order valence-corrected chi connectivity index (χ0v) is 26.1. The lowest BCUT2D eigenvalue weighted by Crippen LogP contribution is -2.47. The minimum atomic E-state index is -4.60. The molecule has 3 aromatic heterocycles. The molecule has 1 aliphatic carbocycles. The number of alkyl halides is 3. The van der Waals surface area contributed by atoms with Crippen molar-refractivity contribution in [1.82, 2.24) is 29.0 Å². The highest BCUT2D eigenvalue weighted by molar-refractivity contribution is 6.33. The topological polar surface area (TPSA) is 144 Å². The molecular weight excluding hydrogens is 655 g/mol. The largest absolute Gasteiger partial charge is 0.505 e. The summed E-state index contributed by atoms with van der Waals surface area (Å²) in [5, 5.41) is 17.0. The van der Waals surface area contributed by atoms with Crippen molar-refractivity contribution < 1.29 is 32.6 Å². The van der Waals surface area contributed by atoms with Gasteiger partial charge in [-0.15, -0.1) is 5.10 Å². The molecule has 7 rings (SSSR count). The van der Waals surface area contributed by atoms with Crippen molar-refractivity contribution in [2.45, 2.75) is 63.5 Å². The van der Waals surface area contributed by atoms with Gasteiger partial charge < -0.3 is 24.6 Å². The van der Waals surface area contributed by atoms with Gasteiger partial charge in [-0.1, -0.05) is 17.7 Å². The number of rotatable bonds is 5. The second-order valence-electron chi connectivity index (χ2n) is 12.0. The summed E-state index contributed by atoms with van der Waals surface area (Å²) in [6.45, 7) is 0.00122. The van der Waals surface area contributed by atoms with E-state index in [1.807, 2.05) is 6.08 Å². The second kappa shape index (κ2) is 12.0. The van der Waals surface area contributed by atoms with E-state index < -0.39 is 34.7 Å². The summed E-state index contributed by atoms with van der Waals surface area (Å²) in [5.74, 6) is -0.813. The third-order valence-electron chi connectivity index (χ3n) is 9.09. The Balaban J connectivity index is 1.24. The van der Waals surface area contributed by atoms with E-state index in [2.05, 4.69) is 20.4 Å². The minimum Gasteiger partial charge on any atom is -0.505 e. The van der Waals surface area contributed by atoms with Crippen LogP contribution in [0.5, 0.6) is 5.75 Å². The van der Waals surface area contributed by atoms with Crippen LogP contribution in [-0.4, -0.2) is 59.1 Å². The number of ether oxygens (including phenoxy) is 1. The highest BCUT2D eigenvalue weighted by Gasteiger charge is 2.48. The van der Waals surface area contributed by atoms with Gasteiger partial charge in [0, 0.05) is 19.3 Å². The monoisotopic (exact) mass is 683 g/mol. The fraction of sp³-hybridized carbons (Fsp3) is 0.375. The van der Waals surface area contributed by atoms with Gasteiger partial charge in [0.15, 0.2) is 11.5 Å². The summed E-state index contributed by atoms with van der Waals surface area (Å²) in [4.78, 5) is 51.0. The van der Waals surface area contributed by atoms with Gasteiger partial charge in [0.05, 0.1) is 34.1 Å². The molecule has 1 aromatic carbocycles. The lowest BCUT2D eigenvalue weighted by atomic mass is 9.85. The normalized spacial score (nSPS) is 17.4. The van der Waals surface area contributed by atoms with Crippen molar-refractivity contribution in [3.8, 4) is 5.75 Å². The molecule has 2 N–H and O–H groups in total. The minimum absolute atomic E-state index is 0.0124. The van der Waals surface area contributed by atoms with Crippen molar-refractivity contribution in [2.24, 2.45) is 0 Å². The van der Waals surface area contributed by atoms with Gasteiger partial charge >= 0.3 is 6.18 Å². The summed E-state index contributed by atoms with van der Waals surface area (Å²) in [6.07, 6.45) is 2.92. The lowest BCUT2D eigenvalue weighted by Gasteiger charge is -2.38. The Morgan fingerprint density at radius 2 is 1.94 bits per heavy atom. The molecule has 0 atom stereocenters. The summed E-state index contributed by atoms with van der Waals surface area (Å²) < 4.78 is 48.5. The van der Waals surface area contributed by atoms with Gasteiger partial charge in [-0.3, -0.25) is 14.4 Å². The van der Waals surface area contributed by atoms with Crippen LogP contribution in [0.15, 0.2) is 47.4 Å². The van der Waals surface area contributed by atoms with Crippen LogP contribution in [0, 0.1) is 0 Å². The number of carbonyl (C=O) groups is 2. The molecule has 0 radical (unpaired) electrons. The molecule has 0 saturated carbocycles. The van der Waals surface area contributed by atoms with E-state index in [-0.39, 0.29) is 67.0 Å². The van der Waals surface area contributed by atoms with Crippen LogP contribution in [-0.2, 0) is 34.5 Å². The van der Waals surface area contributed by atoms with Crippen LogP contribution in [0.3, 0.4) is 0 Å². The summed E-state index contributed by atoms with van der Waals surface area (Å²) in [7, 11) is 0. The third kappa shape index (κ3) is 5.60. The third-order valence-corrected chi connectivity index (χ3v) is 9.40. The van der Waals surface area contributed by atoms with E-state index in [1.165, 1.54) is 27.7 Å². The number of fused-ring (bicyclic) bond motifs is 3. The number of nitrogens with one attached hydrogen (secondary N) is 1. The van der Waals surface area contributed by atoms with Crippen molar-refractivity contribution >= 4 is 40.5 Å². The maximum absolute atomic E-state index is 14.2. The lowest BCUT2D eigenvalue weighted by molar-refractivity contribution is -0.137. The van der Waals surface area contributed by atoms with Crippen LogP contribution < -0.4 is 10.9 Å². The number of hydrogen-bond acceptors (Lipinski definition) is 8. The van der Waals surface area contributed by atoms with Crippen molar-refractivity contribution in [1.29, 1.82) is 0 Å². The average molecular weight is 684 g/mol. The summed E-state index contributed by atoms with van der Waals surface area (Å²) in [5.41, 5.74) is -0.958. The Morgan fingerprint density at radius 3 is 2.62 bits per heavy atom. The quantitative estimate of drug-likeness (QED) is 0.302. The van der Waals surface area contributed by atoms with Crippen molar-refractivity contribution in [3.05, 3.63) is 86.3 Å². The molecule has 48 heavy (non-hydrogen) atoms. The predicted octanol–water partition coefficient (Wildman–Crippen LogP) is 4.92. The van der Waals surface area contributed by atoms with Crippen LogP contribution in [0.25, 0.3) is 11.4 Å². The maximum atomic E-state index is 14.2. The van der Waals surface area contributed by atoms with Crippen LogP contribution in [0.2, 0.25) is 5.02 Å². The van der Waals surface area contributed by atoms with E-state index in [1.54, 1.807) is 4.57 Å². The van der Waals surface area contributed by atoms with Gasteiger partial charge in [-0.05, 0) is 74.4 Å². The number of halogens is 4. The molecule has 2 amide bonds. The molecule has 1 fully saturated rings. The van der Waals surface area contributed by atoms with Gasteiger partial charge in [0.25, 0.3) is 11.5 Å². The van der Waals surface area contributed by atoms with Gasteiger partial charge in [0.1, 0.15) is 17.9 Å². The number of hydrogen-bond donors (Lipinski definition) is 2. The fourth-order valence-electron chi connectivity index (χ4n) is 6.63. The summed E-state index contributed by atoms with van der Waals surface area (Å²) in [6, 6.07) is 5.54. The number of aromatic nitrogens is 5. The first-order valence-electron chi connectivity index (χ1n) is 15.4. The first kappa shape index (κ1) is 31.8. The molecule has 0 unspecified atom stereocenters. The molecule has 1 saturated heterocycles. The molecule has 2 aliphatic heterocycles. The van der Waals surface area contributed by atoms with Crippen LogP contribution in [0.4, 0.5) is 18.9 Å². The van der Waals surface area contributed by atoms with Crippen molar-refractivity contribution in [3.63, 3.8) is 0 Å². The number of amides is 2. The molecule has 3 aliphatic rings. The van der Waals surface area contributed by atoms with Gasteiger partial charge in [0.2, 0.25) is 11.7 Å². The first-order chi connectivity index (χ1) is 22.9. The van der Waals surface area contributed by atoms with Crippen LogP contribution >= 0.6 is 11.6 Å². The molecule has 16 heteroatoms. The standard InChI is InChI=1S/C32H29ClF3N7O5/c33-20-15-19(32(34,35)36)8-9-21(20)38-24(45)16-42-22-17-48-31(10-13-41(14-11-31)29(47)26-23(44)7-4-12-37-26)25(22)28(46)43-30(42)39-27(40-43)18-5-2-1-3-6-18/h4-5,7-9,12,15,44H,1-3,6,10-11,13-14,16-17H2,(H,38,45). The Labute approximate surface area is 275 Å². The Kier molecular flexibility index (Phi) is 7.98. The van der Waals surface area contributed by atoms with Crippen LogP contribution in [0.1, 0.15) is 71.7 Å².